The molecule has 0 unspecified atom stereocenters. The maximum Gasteiger partial charge on any atom is 0.321 e. The first-order chi connectivity index (χ1) is 15.4. The number of fused-ring (bicyclic) bond motifs is 1. The molecular formula is C24H25FN6O. The van der Waals surface area contributed by atoms with Gasteiger partial charge in [0.2, 0.25) is 5.95 Å². The van der Waals surface area contributed by atoms with E-state index in [0.717, 1.165) is 23.2 Å². The molecule has 32 heavy (non-hydrogen) atoms. The summed E-state index contributed by atoms with van der Waals surface area (Å²) < 4.78 is 14.6. The van der Waals surface area contributed by atoms with Gasteiger partial charge in [0.15, 0.2) is 0 Å². The van der Waals surface area contributed by atoms with Gasteiger partial charge in [-0.15, -0.1) is 0 Å². The number of halogens is 1. The molecule has 8 heteroatoms. The molecule has 0 saturated carbocycles. The number of carbonyl (C=O) groups excluding carboxylic acids is 1. The molecule has 7 nitrogen and oxygen atoms in total. The zero-order valence-corrected chi connectivity index (χ0v) is 18.2. The van der Waals surface area contributed by atoms with Crippen LogP contribution in [-0.4, -0.2) is 32.5 Å². The standard InChI is InChI=1S/C24H25FN6O/c1-4-26-24(32)31-23-29-20-12-16(15-7-8-17(28-13-15)10-14(2)3)11-18(22(20)30-23)21-19(25)6-5-9-27-21/h5-9,11-14H,4,10H2,1-3H3,(H3,26,29,30,31,32). The molecule has 1 aromatic carbocycles. The second-order valence-electron chi connectivity index (χ2n) is 7.96. The lowest BCUT2D eigenvalue weighted by Crippen LogP contribution is -2.28. The molecule has 164 valence electrons. The van der Waals surface area contributed by atoms with Crippen molar-refractivity contribution >= 4 is 23.0 Å². The van der Waals surface area contributed by atoms with Crippen molar-refractivity contribution in [1.82, 2.24) is 25.3 Å². The lowest BCUT2D eigenvalue weighted by Gasteiger charge is -2.09. The fourth-order valence-corrected chi connectivity index (χ4v) is 3.56. The quantitative estimate of drug-likeness (QED) is 0.392. The van der Waals surface area contributed by atoms with E-state index in [9.17, 15) is 9.18 Å². The highest BCUT2D eigenvalue weighted by Gasteiger charge is 2.17. The van der Waals surface area contributed by atoms with Crippen LogP contribution in [0.5, 0.6) is 0 Å². The summed E-state index contributed by atoms with van der Waals surface area (Å²) >= 11 is 0. The van der Waals surface area contributed by atoms with Crippen molar-refractivity contribution in [3.63, 3.8) is 0 Å². The van der Waals surface area contributed by atoms with E-state index in [1.807, 2.05) is 37.4 Å². The third-order valence-corrected chi connectivity index (χ3v) is 4.95. The molecule has 3 aromatic heterocycles. The summed E-state index contributed by atoms with van der Waals surface area (Å²) in [6.45, 7) is 6.62. The molecular weight excluding hydrogens is 407 g/mol. The number of imidazole rings is 1. The number of amides is 2. The highest BCUT2D eigenvalue weighted by molar-refractivity contribution is 5.98. The number of carbonyl (C=O) groups is 1. The van der Waals surface area contributed by atoms with Crippen LogP contribution in [0.4, 0.5) is 15.1 Å². The van der Waals surface area contributed by atoms with Crippen LogP contribution >= 0.6 is 0 Å². The summed E-state index contributed by atoms with van der Waals surface area (Å²) in [5.74, 6) is 0.346. The number of anilines is 1. The van der Waals surface area contributed by atoms with E-state index in [4.69, 9.17) is 0 Å². The van der Waals surface area contributed by atoms with Gasteiger partial charge in [0, 0.05) is 35.8 Å². The van der Waals surface area contributed by atoms with Crippen molar-refractivity contribution in [3.05, 3.63) is 60.3 Å². The Morgan fingerprint density at radius 3 is 2.69 bits per heavy atom. The first-order valence-electron chi connectivity index (χ1n) is 10.6. The van der Waals surface area contributed by atoms with E-state index < -0.39 is 5.82 Å². The number of rotatable bonds is 6. The van der Waals surface area contributed by atoms with Crippen molar-refractivity contribution in [2.75, 3.05) is 11.9 Å². The van der Waals surface area contributed by atoms with Crippen molar-refractivity contribution in [2.24, 2.45) is 5.92 Å². The number of aromatic amines is 1. The second kappa shape index (κ2) is 9.13. The van der Waals surface area contributed by atoms with Crippen LogP contribution in [-0.2, 0) is 6.42 Å². The second-order valence-corrected chi connectivity index (χ2v) is 7.96. The minimum absolute atomic E-state index is 0.206. The minimum atomic E-state index is -0.441. The van der Waals surface area contributed by atoms with Crippen LogP contribution in [0.2, 0.25) is 0 Å². The maximum atomic E-state index is 14.6. The van der Waals surface area contributed by atoms with Gasteiger partial charge < -0.3 is 10.3 Å². The Labute approximate surface area is 185 Å². The topological polar surface area (TPSA) is 95.6 Å². The zero-order chi connectivity index (χ0) is 22.7. The Morgan fingerprint density at radius 1 is 1.16 bits per heavy atom. The van der Waals surface area contributed by atoms with Crippen LogP contribution in [0.25, 0.3) is 33.4 Å². The van der Waals surface area contributed by atoms with Crippen LogP contribution < -0.4 is 10.6 Å². The Bertz CT molecular complexity index is 1250. The molecule has 3 heterocycles. The van der Waals surface area contributed by atoms with Crippen molar-refractivity contribution in [1.29, 1.82) is 0 Å². The number of aromatic nitrogens is 4. The summed E-state index contributed by atoms with van der Waals surface area (Å²) in [5, 5.41) is 5.33. The predicted molar refractivity (Wildman–Crippen MR) is 124 cm³/mol. The number of hydrogen-bond donors (Lipinski definition) is 3. The highest BCUT2D eigenvalue weighted by atomic mass is 19.1. The molecule has 3 N–H and O–H groups in total. The molecule has 0 aliphatic carbocycles. The summed E-state index contributed by atoms with van der Waals surface area (Å²) in [5.41, 5.74) is 4.67. The lowest BCUT2D eigenvalue weighted by molar-refractivity contribution is 0.252. The molecule has 0 spiro atoms. The molecule has 0 atom stereocenters. The average molecular weight is 433 g/mol. The van der Waals surface area contributed by atoms with Crippen LogP contribution in [0.15, 0.2) is 48.8 Å². The van der Waals surface area contributed by atoms with Gasteiger partial charge in [0.25, 0.3) is 0 Å². The molecule has 0 fully saturated rings. The number of hydrogen-bond acceptors (Lipinski definition) is 4. The van der Waals surface area contributed by atoms with Gasteiger partial charge in [-0.2, -0.15) is 0 Å². The molecule has 0 bridgehead atoms. The normalized spacial score (nSPS) is 11.2. The third kappa shape index (κ3) is 4.59. The van der Waals surface area contributed by atoms with E-state index >= 15 is 0 Å². The number of benzene rings is 1. The zero-order valence-electron chi connectivity index (χ0n) is 18.2. The van der Waals surface area contributed by atoms with E-state index in [2.05, 4.69) is 44.4 Å². The smallest absolute Gasteiger partial charge is 0.321 e. The monoisotopic (exact) mass is 432 g/mol. The molecule has 4 rings (SSSR count). The molecule has 0 aliphatic rings. The number of pyridine rings is 2. The minimum Gasteiger partial charge on any atom is -0.338 e. The third-order valence-electron chi connectivity index (χ3n) is 4.95. The number of nitrogens with one attached hydrogen (secondary N) is 3. The fraction of sp³-hybridized carbons (Fsp3) is 0.250. The van der Waals surface area contributed by atoms with Crippen LogP contribution in [0.3, 0.4) is 0 Å². The highest BCUT2D eigenvalue weighted by Crippen LogP contribution is 2.34. The van der Waals surface area contributed by atoms with Gasteiger partial charge in [-0.3, -0.25) is 15.3 Å². The Morgan fingerprint density at radius 2 is 2.00 bits per heavy atom. The van der Waals surface area contributed by atoms with E-state index in [1.54, 1.807) is 12.3 Å². The van der Waals surface area contributed by atoms with E-state index in [-0.39, 0.29) is 17.7 Å². The van der Waals surface area contributed by atoms with E-state index in [0.29, 0.717) is 29.1 Å². The molecule has 2 amide bonds. The molecule has 0 aliphatic heterocycles. The summed E-state index contributed by atoms with van der Waals surface area (Å²) in [4.78, 5) is 28.3. The number of nitrogens with zero attached hydrogens (tertiary/aromatic N) is 3. The van der Waals surface area contributed by atoms with E-state index in [1.165, 1.54) is 6.07 Å². The predicted octanol–water partition coefficient (Wildman–Crippen LogP) is 5.17. The van der Waals surface area contributed by atoms with Gasteiger partial charge >= 0.3 is 6.03 Å². The van der Waals surface area contributed by atoms with Crippen molar-refractivity contribution in [2.45, 2.75) is 27.2 Å². The maximum absolute atomic E-state index is 14.6. The summed E-state index contributed by atoms with van der Waals surface area (Å²) in [7, 11) is 0. The van der Waals surface area contributed by atoms with Crippen molar-refractivity contribution < 1.29 is 9.18 Å². The van der Waals surface area contributed by atoms with Crippen LogP contribution in [0, 0.1) is 11.7 Å². The summed E-state index contributed by atoms with van der Waals surface area (Å²) in [6, 6.07) is 10.3. The molecule has 0 radical (unpaired) electrons. The summed E-state index contributed by atoms with van der Waals surface area (Å²) in [6.07, 6.45) is 4.26. The first kappa shape index (κ1) is 21.4. The van der Waals surface area contributed by atoms with Gasteiger partial charge in [-0.25, -0.2) is 14.2 Å². The van der Waals surface area contributed by atoms with Gasteiger partial charge in [-0.1, -0.05) is 19.9 Å². The van der Waals surface area contributed by atoms with Gasteiger partial charge in [-0.05, 0) is 55.2 Å². The van der Waals surface area contributed by atoms with Gasteiger partial charge in [0.05, 0.1) is 11.0 Å². The largest absolute Gasteiger partial charge is 0.338 e. The Balaban J connectivity index is 1.82. The lowest BCUT2D eigenvalue weighted by atomic mass is 10.00. The first-order valence-corrected chi connectivity index (χ1v) is 10.6. The van der Waals surface area contributed by atoms with Crippen LogP contribution in [0.1, 0.15) is 26.5 Å². The van der Waals surface area contributed by atoms with Gasteiger partial charge in [0.1, 0.15) is 11.5 Å². The fourth-order valence-electron chi connectivity index (χ4n) is 3.56. The molecule has 4 aromatic rings. The Kier molecular flexibility index (Phi) is 6.11. The number of urea groups is 1. The Hall–Kier alpha value is -3.81. The average Bonchev–Trinajstić information content (AvgIpc) is 3.16. The SMILES string of the molecule is CCNC(=O)Nc1nc2cc(-c3ccc(CC(C)C)nc3)cc(-c3ncccc3F)c2[nH]1. The molecule has 0 saturated heterocycles. The van der Waals surface area contributed by atoms with Crippen molar-refractivity contribution in [3.8, 4) is 22.4 Å². The number of H-pyrrole nitrogens is 1.